The van der Waals surface area contributed by atoms with Crippen molar-refractivity contribution < 1.29 is 58.5 Å². The van der Waals surface area contributed by atoms with Gasteiger partial charge in [-0.15, -0.1) is 0 Å². The first-order chi connectivity index (χ1) is 7.90. The topological polar surface area (TPSA) is 93.1 Å². The second-order valence-corrected chi connectivity index (χ2v) is 4.89. The van der Waals surface area contributed by atoms with E-state index in [4.69, 9.17) is 14.0 Å². The average molecular weight is 286 g/mol. The van der Waals surface area contributed by atoms with Gasteiger partial charge in [0.1, 0.15) is 30.0 Å². The number of aliphatic hydroxyl groups is 1. The van der Waals surface area contributed by atoms with Crippen LogP contribution >= 0.6 is 0 Å². The van der Waals surface area contributed by atoms with Crippen LogP contribution < -0.4 is 39.0 Å². The Morgan fingerprint density at radius 1 is 1.39 bits per heavy atom. The zero-order chi connectivity index (χ0) is 12.9. The van der Waals surface area contributed by atoms with Gasteiger partial charge in [-0.1, -0.05) is 6.07 Å². The van der Waals surface area contributed by atoms with Crippen LogP contribution in [0, 0.1) is 0 Å². The summed E-state index contributed by atoms with van der Waals surface area (Å²) in [6.07, 6.45) is -1.28. The molecule has 0 bridgehead atoms. The average Bonchev–Trinajstić information content (AvgIpc) is 2.24. The van der Waals surface area contributed by atoms with Crippen molar-refractivity contribution in [1.82, 2.24) is 0 Å². The van der Waals surface area contributed by atoms with E-state index in [0.29, 0.717) is 11.5 Å². The molecule has 1 rings (SSSR count). The van der Waals surface area contributed by atoms with E-state index in [9.17, 15) is 13.5 Å². The van der Waals surface area contributed by atoms with Crippen LogP contribution in [-0.4, -0.2) is 43.7 Å². The van der Waals surface area contributed by atoms with E-state index < -0.39 is 22.0 Å². The van der Waals surface area contributed by atoms with Crippen LogP contribution in [0.15, 0.2) is 24.3 Å². The third-order valence-electron chi connectivity index (χ3n) is 1.89. The van der Waals surface area contributed by atoms with Gasteiger partial charge < -0.3 is 16.0 Å². The van der Waals surface area contributed by atoms with Crippen molar-refractivity contribution in [2.45, 2.75) is 6.10 Å². The third kappa shape index (κ3) is 7.20. The largest absolute Gasteiger partial charge is 1.00 e. The molecular weight excluding hydrogens is 271 g/mol. The molecule has 1 atom stereocenters. The normalized spacial score (nSPS) is 12.4. The van der Waals surface area contributed by atoms with Crippen molar-refractivity contribution in [3.63, 3.8) is 0 Å². The zero-order valence-electron chi connectivity index (χ0n) is 11.2. The molecule has 2 N–H and O–H groups in total. The van der Waals surface area contributed by atoms with Crippen LogP contribution in [0.2, 0.25) is 0 Å². The van der Waals surface area contributed by atoms with Gasteiger partial charge in [-0.2, -0.15) is 8.42 Å². The molecule has 0 saturated heterocycles. The van der Waals surface area contributed by atoms with Crippen LogP contribution in [-0.2, 0) is 10.1 Å². The van der Waals surface area contributed by atoms with E-state index in [2.05, 4.69) is 0 Å². The second kappa shape index (κ2) is 7.98. The molecule has 1 aromatic carbocycles. The fraction of sp³-hybridized carbons (Fsp3) is 0.400. The van der Waals surface area contributed by atoms with Gasteiger partial charge in [-0.05, 0) is 12.1 Å². The molecule has 1 unspecified atom stereocenters. The fourth-order valence-electron chi connectivity index (χ4n) is 1.17. The first-order valence-corrected chi connectivity index (χ1v) is 6.41. The monoisotopic (exact) mass is 286 g/mol. The van der Waals surface area contributed by atoms with E-state index >= 15 is 0 Å². The van der Waals surface area contributed by atoms with E-state index in [1.165, 1.54) is 7.11 Å². The Kier molecular flexibility index (Phi) is 7.84. The van der Waals surface area contributed by atoms with Crippen molar-refractivity contribution in [3.8, 4) is 11.5 Å². The Morgan fingerprint density at radius 2 is 2.00 bits per heavy atom. The number of hydrogen-bond acceptors (Lipinski definition) is 5. The van der Waals surface area contributed by atoms with Gasteiger partial charge in [0.05, 0.1) is 7.11 Å². The predicted molar refractivity (Wildman–Crippen MR) is 62.0 cm³/mol. The number of methoxy groups -OCH3 is 1. The molecule has 0 fully saturated rings. The smallest absolute Gasteiger partial charge is 1.00 e. The molecule has 18 heavy (non-hydrogen) atoms. The SMILES string of the molecule is COc1cccc(OCC(O)CS(=O)(=O)O)c1.[H-].[Na+]. The fourth-order valence-corrected chi connectivity index (χ4v) is 1.76. The molecule has 0 aliphatic heterocycles. The van der Waals surface area contributed by atoms with Gasteiger partial charge in [0, 0.05) is 6.07 Å². The van der Waals surface area contributed by atoms with Crippen molar-refractivity contribution in [1.29, 1.82) is 0 Å². The van der Waals surface area contributed by atoms with Gasteiger partial charge in [0.2, 0.25) is 0 Å². The van der Waals surface area contributed by atoms with E-state index in [-0.39, 0.29) is 37.6 Å². The summed E-state index contributed by atoms with van der Waals surface area (Å²) in [7, 11) is -2.69. The Morgan fingerprint density at radius 3 is 2.56 bits per heavy atom. The molecule has 98 valence electrons. The summed E-state index contributed by atoms with van der Waals surface area (Å²) in [4.78, 5) is 0. The number of ether oxygens (including phenoxy) is 2. The van der Waals surface area contributed by atoms with Gasteiger partial charge in [0.15, 0.2) is 0 Å². The van der Waals surface area contributed by atoms with E-state index in [0.717, 1.165) is 0 Å². The van der Waals surface area contributed by atoms with Crippen LogP contribution in [0.4, 0.5) is 0 Å². The Labute approximate surface area is 129 Å². The van der Waals surface area contributed by atoms with Crippen molar-refractivity contribution >= 4 is 10.1 Å². The minimum absolute atomic E-state index is 0. The Hall–Kier alpha value is -0.310. The first kappa shape index (κ1) is 17.7. The van der Waals surface area contributed by atoms with Gasteiger partial charge >= 0.3 is 29.6 Å². The van der Waals surface area contributed by atoms with Crippen molar-refractivity contribution in [2.24, 2.45) is 0 Å². The quantitative estimate of drug-likeness (QED) is 0.441. The summed E-state index contributed by atoms with van der Waals surface area (Å²) in [5.41, 5.74) is 0. The zero-order valence-corrected chi connectivity index (χ0v) is 13.1. The third-order valence-corrected chi connectivity index (χ3v) is 2.69. The van der Waals surface area contributed by atoms with Gasteiger partial charge in [0.25, 0.3) is 10.1 Å². The maximum atomic E-state index is 10.5. The molecule has 0 spiro atoms. The molecule has 0 aliphatic carbocycles. The summed E-state index contributed by atoms with van der Waals surface area (Å²) in [5.74, 6) is 0.280. The summed E-state index contributed by atoms with van der Waals surface area (Å²) < 4.78 is 39.6. The molecule has 0 aliphatic rings. The van der Waals surface area contributed by atoms with E-state index in [1.807, 2.05) is 0 Å². The number of rotatable bonds is 6. The first-order valence-electron chi connectivity index (χ1n) is 4.81. The van der Waals surface area contributed by atoms with Crippen molar-refractivity contribution in [3.05, 3.63) is 24.3 Å². The van der Waals surface area contributed by atoms with Crippen LogP contribution in [0.5, 0.6) is 11.5 Å². The molecule has 6 nitrogen and oxygen atoms in total. The minimum atomic E-state index is -4.20. The maximum Gasteiger partial charge on any atom is 1.00 e. The number of aliphatic hydroxyl groups excluding tert-OH is 1. The minimum Gasteiger partial charge on any atom is -1.00 e. The molecule has 0 radical (unpaired) electrons. The van der Waals surface area contributed by atoms with Crippen LogP contribution in [0.1, 0.15) is 1.43 Å². The molecule has 0 heterocycles. The molecular formula is C10H15NaO6S. The standard InChI is InChI=1S/C10H14O6S.Na.H/c1-15-9-3-2-4-10(5-9)16-6-8(11)7-17(12,13)14;;/h2-5,8,11H,6-7H2,1H3,(H,12,13,14);;/q;+1;-1. The maximum absolute atomic E-state index is 10.5. The number of benzene rings is 1. The molecule has 0 saturated carbocycles. The molecule has 1 aromatic rings. The van der Waals surface area contributed by atoms with Crippen LogP contribution in [0.25, 0.3) is 0 Å². The van der Waals surface area contributed by atoms with Gasteiger partial charge in [-0.3, -0.25) is 4.55 Å². The summed E-state index contributed by atoms with van der Waals surface area (Å²) in [6.45, 7) is -0.229. The van der Waals surface area contributed by atoms with E-state index in [1.54, 1.807) is 24.3 Å². The van der Waals surface area contributed by atoms with Crippen LogP contribution in [0.3, 0.4) is 0 Å². The second-order valence-electron chi connectivity index (χ2n) is 3.39. The summed E-state index contributed by atoms with van der Waals surface area (Å²) in [6, 6.07) is 6.66. The summed E-state index contributed by atoms with van der Waals surface area (Å²) >= 11 is 0. The van der Waals surface area contributed by atoms with Crippen molar-refractivity contribution in [2.75, 3.05) is 19.5 Å². The Balaban J connectivity index is 0. The molecule has 8 heteroatoms. The number of hydrogen-bond donors (Lipinski definition) is 2. The predicted octanol–water partition coefficient (Wildman–Crippen LogP) is -2.56. The Bertz CT molecular complexity index is 467. The van der Waals surface area contributed by atoms with Gasteiger partial charge in [-0.25, -0.2) is 0 Å². The molecule has 0 aromatic heterocycles. The summed E-state index contributed by atoms with van der Waals surface area (Å²) in [5, 5.41) is 9.28. The molecule has 0 amide bonds.